The lowest BCUT2D eigenvalue weighted by molar-refractivity contribution is 0.0402. The average molecular weight is 281 g/mol. The summed E-state index contributed by atoms with van der Waals surface area (Å²) in [5.74, 6) is 0. The van der Waals surface area contributed by atoms with Crippen molar-refractivity contribution >= 4 is 11.3 Å². The van der Waals surface area contributed by atoms with Crippen LogP contribution in [0.2, 0.25) is 0 Å². The second-order valence-electron chi connectivity index (χ2n) is 5.76. The van der Waals surface area contributed by atoms with Gasteiger partial charge in [0.2, 0.25) is 0 Å². The summed E-state index contributed by atoms with van der Waals surface area (Å²) in [5.41, 5.74) is 7.74. The van der Waals surface area contributed by atoms with Crippen LogP contribution in [0.25, 0.3) is 0 Å². The van der Waals surface area contributed by atoms with E-state index in [0.29, 0.717) is 0 Å². The van der Waals surface area contributed by atoms with Crippen molar-refractivity contribution in [1.29, 1.82) is 0 Å². The Hall–Kier alpha value is -0.420. The predicted octanol–water partition coefficient (Wildman–Crippen LogP) is 2.38. The molecule has 0 amide bonds. The maximum absolute atomic E-state index is 6.13. The van der Waals surface area contributed by atoms with Crippen LogP contribution in [0.3, 0.4) is 0 Å². The Morgan fingerprint density at radius 2 is 2.16 bits per heavy atom. The van der Waals surface area contributed by atoms with E-state index in [0.717, 1.165) is 13.1 Å². The summed E-state index contributed by atoms with van der Waals surface area (Å²) in [6, 6.07) is 2.22. The van der Waals surface area contributed by atoms with E-state index in [9.17, 15) is 0 Å². The summed E-state index contributed by atoms with van der Waals surface area (Å²) in [7, 11) is 2.24. The van der Waals surface area contributed by atoms with Gasteiger partial charge >= 0.3 is 0 Å². The van der Waals surface area contributed by atoms with Gasteiger partial charge in [-0.2, -0.15) is 11.3 Å². The minimum absolute atomic E-state index is 0.201. The van der Waals surface area contributed by atoms with Crippen LogP contribution >= 0.6 is 11.3 Å². The molecule has 3 nitrogen and oxygen atoms in total. The molecule has 2 rings (SSSR count). The Bertz CT molecular complexity index is 355. The van der Waals surface area contributed by atoms with Gasteiger partial charge in [-0.3, -0.25) is 4.90 Å². The zero-order chi connectivity index (χ0) is 13.7. The SMILES string of the molecule is CCCN1CCC(CN)(N(C)Cc2ccsc2)CC1. The number of thiophene rings is 1. The van der Waals surface area contributed by atoms with Gasteiger partial charge in [0.05, 0.1) is 0 Å². The number of nitrogens with zero attached hydrogens (tertiary/aromatic N) is 2. The van der Waals surface area contributed by atoms with Crippen LogP contribution in [0.5, 0.6) is 0 Å². The topological polar surface area (TPSA) is 32.5 Å². The molecule has 0 aromatic carbocycles. The molecule has 1 aromatic heterocycles. The maximum atomic E-state index is 6.13. The van der Waals surface area contributed by atoms with E-state index in [4.69, 9.17) is 5.73 Å². The first-order valence-corrected chi connectivity index (χ1v) is 8.29. The maximum Gasteiger partial charge on any atom is 0.0356 e. The predicted molar refractivity (Wildman–Crippen MR) is 83.5 cm³/mol. The lowest BCUT2D eigenvalue weighted by Crippen LogP contribution is -2.57. The second kappa shape index (κ2) is 6.84. The fraction of sp³-hybridized carbons (Fsp3) is 0.733. The molecule has 0 saturated carbocycles. The molecule has 0 unspecified atom stereocenters. The summed E-state index contributed by atoms with van der Waals surface area (Å²) < 4.78 is 0. The van der Waals surface area contributed by atoms with Crippen LogP contribution < -0.4 is 5.73 Å². The number of likely N-dealkylation sites (N-methyl/N-ethyl adjacent to an activating group) is 1. The highest BCUT2D eigenvalue weighted by molar-refractivity contribution is 7.07. The van der Waals surface area contributed by atoms with E-state index in [2.05, 4.69) is 40.6 Å². The molecular weight excluding hydrogens is 254 g/mol. The third-order valence-electron chi connectivity index (χ3n) is 4.52. The monoisotopic (exact) mass is 281 g/mol. The standard InChI is InChI=1S/C15H27N3S/c1-3-7-18-8-5-15(13-16,6-9-18)17(2)11-14-4-10-19-12-14/h4,10,12H,3,5-9,11,13,16H2,1-2H3. The highest BCUT2D eigenvalue weighted by Gasteiger charge is 2.36. The molecule has 1 aliphatic heterocycles. The molecule has 1 aliphatic rings. The van der Waals surface area contributed by atoms with Crippen molar-refractivity contribution < 1.29 is 0 Å². The molecule has 19 heavy (non-hydrogen) atoms. The lowest BCUT2D eigenvalue weighted by atomic mass is 9.85. The van der Waals surface area contributed by atoms with E-state index in [1.807, 2.05) is 0 Å². The van der Waals surface area contributed by atoms with Crippen LogP contribution in [-0.2, 0) is 6.54 Å². The number of rotatable bonds is 6. The quantitative estimate of drug-likeness (QED) is 0.869. The van der Waals surface area contributed by atoms with Crippen molar-refractivity contribution in [3.63, 3.8) is 0 Å². The number of likely N-dealkylation sites (tertiary alicyclic amines) is 1. The van der Waals surface area contributed by atoms with Crippen LogP contribution in [0.15, 0.2) is 16.8 Å². The van der Waals surface area contributed by atoms with Crippen LogP contribution in [0, 0.1) is 0 Å². The Morgan fingerprint density at radius 3 is 2.68 bits per heavy atom. The van der Waals surface area contributed by atoms with E-state index in [-0.39, 0.29) is 5.54 Å². The Morgan fingerprint density at radius 1 is 1.42 bits per heavy atom. The number of piperidine rings is 1. The first kappa shape index (κ1) is 15.0. The van der Waals surface area contributed by atoms with Crippen LogP contribution in [-0.4, -0.2) is 48.6 Å². The molecule has 1 aromatic rings. The Balaban J connectivity index is 1.95. The molecular formula is C15H27N3S. The van der Waals surface area contributed by atoms with Crippen LogP contribution in [0.1, 0.15) is 31.7 Å². The van der Waals surface area contributed by atoms with E-state index < -0.39 is 0 Å². The zero-order valence-corrected chi connectivity index (χ0v) is 13.1. The summed E-state index contributed by atoms with van der Waals surface area (Å²) in [5, 5.41) is 4.40. The Labute approximate surface area is 121 Å². The largest absolute Gasteiger partial charge is 0.329 e. The molecule has 0 radical (unpaired) electrons. The summed E-state index contributed by atoms with van der Waals surface area (Å²) in [6.45, 7) is 7.67. The molecule has 1 fully saturated rings. The molecule has 108 valence electrons. The zero-order valence-electron chi connectivity index (χ0n) is 12.3. The van der Waals surface area contributed by atoms with Gasteiger partial charge in [0, 0.05) is 18.6 Å². The first-order valence-electron chi connectivity index (χ1n) is 7.35. The van der Waals surface area contributed by atoms with Gasteiger partial charge in [-0.25, -0.2) is 0 Å². The smallest absolute Gasteiger partial charge is 0.0356 e. The number of nitrogens with two attached hydrogens (primary N) is 1. The number of hydrogen-bond donors (Lipinski definition) is 1. The fourth-order valence-corrected chi connectivity index (χ4v) is 3.73. The van der Waals surface area contributed by atoms with Crippen molar-refractivity contribution in [2.75, 3.05) is 33.2 Å². The van der Waals surface area contributed by atoms with Gasteiger partial charge in [-0.05, 0) is 68.3 Å². The average Bonchev–Trinajstić information content (AvgIpc) is 2.93. The summed E-state index contributed by atoms with van der Waals surface area (Å²) in [4.78, 5) is 5.06. The lowest BCUT2D eigenvalue weighted by Gasteiger charge is -2.47. The van der Waals surface area contributed by atoms with Crippen molar-refractivity contribution in [2.45, 2.75) is 38.3 Å². The van der Waals surface area contributed by atoms with E-state index in [1.54, 1.807) is 11.3 Å². The third kappa shape index (κ3) is 3.57. The fourth-order valence-electron chi connectivity index (χ4n) is 3.07. The highest BCUT2D eigenvalue weighted by Crippen LogP contribution is 2.28. The van der Waals surface area contributed by atoms with Gasteiger partial charge in [0.1, 0.15) is 0 Å². The first-order chi connectivity index (χ1) is 9.20. The third-order valence-corrected chi connectivity index (χ3v) is 5.25. The Kier molecular flexibility index (Phi) is 5.39. The van der Waals surface area contributed by atoms with Crippen molar-refractivity contribution in [1.82, 2.24) is 9.80 Å². The molecule has 1 saturated heterocycles. The van der Waals surface area contributed by atoms with Gasteiger partial charge in [-0.15, -0.1) is 0 Å². The molecule has 2 heterocycles. The van der Waals surface area contributed by atoms with Gasteiger partial charge in [0.15, 0.2) is 0 Å². The molecule has 0 aliphatic carbocycles. The van der Waals surface area contributed by atoms with Gasteiger partial charge < -0.3 is 10.6 Å². The molecule has 2 N–H and O–H groups in total. The second-order valence-corrected chi connectivity index (χ2v) is 6.54. The van der Waals surface area contributed by atoms with Gasteiger partial charge in [-0.1, -0.05) is 6.92 Å². The summed E-state index contributed by atoms with van der Waals surface area (Å²) >= 11 is 1.78. The van der Waals surface area contributed by atoms with Crippen molar-refractivity contribution in [3.8, 4) is 0 Å². The summed E-state index contributed by atoms with van der Waals surface area (Å²) in [6.07, 6.45) is 3.65. The highest BCUT2D eigenvalue weighted by atomic mass is 32.1. The van der Waals surface area contributed by atoms with Crippen molar-refractivity contribution in [2.24, 2.45) is 5.73 Å². The van der Waals surface area contributed by atoms with Gasteiger partial charge in [0.25, 0.3) is 0 Å². The normalized spacial score (nSPS) is 20.0. The van der Waals surface area contributed by atoms with Crippen LogP contribution in [0.4, 0.5) is 0 Å². The number of hydrogen-bond acceptors (Lipinski definition) is 4. The molecule has 0 spiro atoms. The van der Waals surface area contributed by atoms with Crippen molar-refractivity contribution in [3.05, 3.63) is 22.4 Å². The minimum Gasteiger partial charge on any atom is -0.329 e. The molecule has 4 heteroatoms. The minimum atomic E-state index is 0.201. The van der Waals surface area contributed by atoms with E-state index >= 15 is 0 Å². The molecule has 0 bridgehead atoms. The molecule has 0 atom stereocenters. The van der Waals surface area contributed by atoms with E-state index in [1.165, 1.54) is 44.5 Å².